The molecule has 3 heteroatoms. The fraction of sp³-hybridized carbons (Fsp3) is 0. The molecule has 7 aromatic carbocycles. The Labute approximate surface area is 266 Å². The van der Waals surface area contributed by atoms with E-state index in [4.69, 9.17) is 0 Å². The van der Waals surface area contributed by atoms with E-state index in [2.05, 4.69) is 161 Å². The molecule has 0 fully saturated rings. The Morgan fingerprint density at radius 3 is 1.30 bits per heavy atom. The number of fused-ring (bicyclic) bond motifs is 6. The molecule has 9 aromatic rings. The summed E-state index contributed by atoms with van der Waals surface area (Å²) in [7, 11) is 0. The van der Waals surface area contributed by atoms with Crippen LogP contribution < -0.4 is 0 Å². The van der Waals surface area contributed by atoms with E-state index in [1.807, 2.05) is 18.2 Å². The van der Waals surface area contributed by atoms with Crippen LogP contribution in [0, 0.1) is 11.3 Å². The molecule has 0 unspecified atom stereocenters. The third kappa shape index (κ3) is 4.05. The standard InChI is InChI=1S/C43H27N3/c44-28-29-15-22-41-37(25-29)39-27-33(21-24-43(39)46(41)35-11-5-2-6-12-35)31-18-16-30(17-19-31)32-20-23-42-38(26-32)36-13-7-8-14-40(36)45(42)34-9-3-1-4-10-34/h1-27H. The number of aromatic nitrogens is 2. The van der Waals surface area contributed by atoms with Gasteiger partial charge in [-0.2, -0.15) is 5.26 Å². The van der Waals surface area contributed by atoms with Crippen LogP contribution in [0.15, 0.2) is 164 Å². The second kappa shape index (κ2) is 10.4. The molecule has 2 aromatic heterocycles. The Bertz CT molecular complexity index is 2620. The monoisotopic (exact) mass is 585 g/mol. The van der Waals surface area contributed by atoms with Crippen molar-refractivity contribution < 1.29 is 0 Å². The molecule has 0 amide bonds. The van der Waals surface area contributed by atoms with Crippen molar-refractivity contribution >= 4 is 43.6 Å². The molecule has 0 aliphatic heterocycles. The van der Waals surface area contributed by atoms with Gasteiger partial charge in [0.2, 0.25) is 0 Å². The molecule has 214 valence electrons. The minimum atomic E-state index is 0.665. The number of rotatable bonds is 4. The third-order valence-electron chi connectivity index (χ3n) is 9.15. The van der Waals surface area contributed by atoms with Crippen molar-refractivity contribution in [3.63, 3.8) is 0 Å². The zero-order valence-corrected chi connectivity index (χ0v) is 24.9. The Balaban J connectivity index is 1.14. The molecule has 0 saturated carbocycles. The highest BCUT2D eigenvalue weighted by Gasteiger charge is 2.15. The molecule has 0 aliphatic rings. The topological polar surface area (TPSA) is 33.6 Å². The molecule has 46 heavy (non-hydrogen) atoms. The molecule has 0 atom stereocenters. The normalized spacial score (nSPS) is 11.5. The molecule has 2 heterocycles. The van der Waals surface area contributed by atoms with E-state index in [0.717, 1.165) is 38.6 Å². The molecule has 0 saturated heterocycles. The first-order valence-corrected chi connectivity index (χ1v) is 15.5. The summed E-state index contributed by atoms with van der Waals surface area (Å²) in [6.07, 6.45) is 0. The van der Waals surface area contributed by atoms with E-state index in [1.54, 1.807) is 0 Å². The smallest absolute Gasteiger partial charge is 0.0991 e. The van der Waals surface area contributed by atoms with Gasteiger partial charge in [0.25, 0.3) is 0 Å². The van der Waals surface area contributed by atoms with Crippen LogP contribution in [0.2, 0.25) is 0 Å². The molecule has 3 nitrogen and oxygen atoms in total. The van der Waals surface area contributed by atoms with Gasteiger partial charge >= 0.3 is 0 Å². The van der Waals surface area contributed by atoms with Gasteiger partial charge in [0.1, 0.15) is 0 Å². The average molecular weight is 586 g/mol. The van der Waals surface area contributed by atoms with E-state index in [0.29, 0.717) is 5.56 Å². The third-order valence-corrected chi connectivity index (χ3v) is 9.15. The lowest BCUT2D eigenvalue weighted by molar-refractivity contribution is 1.18. The largest absolute Gasteiger partial charge is 0.309 e. The van der Waals surface area contributed by atoms with Crippen LogP contribution >= 0.6 is 0 Å². The van der Waals surface area contributed by atoms with Gasteiger partial charge in [-0.15, -0.1) is 0 Å². The highest BCUT2D eigenvalue weighted by Crippen LogP contribution is 2.37. The molecule has 0 aliphatic carbocycles. The Kier molecular flexibility index (Phi) is 5.88. The van der Waals surface area contributed by atoms with Gasteiger partial charge in [0.05, 0.1) is 33.7 Å². The van der Waals surface area contributed by atoms with Crippen molar-refractivity contribution in [3.05, 3.63) is 169 Å². The first-order valence-electron chi connectivity index (χ1n) is 15.5. The number of hydrogen-bond donors (Lipinski definition) is 0. The van der Waals surface area contributed by atoms with E-state index in [-0.39, 0.29) is 0 Å². The van der Waals surface area contributed by atoms with Crippen LogP contribution in [0.5, 0.6) is 0 Å². The summed E-state index contributed by atoms with van der Waals surface area (Å²) in [5.74, 6) is 0. The summed E-state index contributed by atoms with van der Waals surface area (Å²) in [4.78, 5) is 0. The van der Waals surface area contributed by atoms with Crippen LogP contribution in [0.3, 0.4) is 0 Å². The predicted octanol–water partition coefficient (Wildman–Crippen LogP) is 11.1. The first-order chi connectivity index (χ1) is 22.8. The lowest BCUT2D eigenvalue weighted by Gasteiger charge is -2.09. The van der Waals surface area contributed by atoms with E-state index < -0.39 is 0 Å². The Hall–Kier alpha value is -6.37. The lowest BCUT2D eigenvalue weighted by atomic mass is 9.98. The second-order valence-electron chi connectivity index (χ2n) is 11.7. The summed E-state index contributed by atoms with van der Waals surface area (Å²) in [5, 5.41) is 14.4. The Morgan fingerprint density at radius 1 is 0.348 bits per heavy atom. The van der Waals surface area contributed by atoms with Crippen molar-refractivity contribution in [2.24, 2.45) is 0 Å². The molecule has 0 radical (unpaired) electrons. The second-order valence-corrected chi connectivity index (χ2v) is 11.7. The summed E-state index contributed by atoms with van der Waals surface area (Å²) >= 11 is 0. The van der Waals surface area contributed by atoms with Gasteiger partial charge in [-0.25, -0.2) is 0 Å². The molecule has 0 spiro atoms. The number of hydrogen-bond acceptors (Lipinski definition) is 1. The fourth-order valence-corrected chi connectivity index (χ4v) is 6.99. The average Bonchev–Trinajstić information content (AvgIpc) is 3.64. The maximum absolute atomic E-state index is 9.65. The molecule has 0 N–H and O–H groups in total. The fourth-order valence-electron chi connectivity index (χ4n) is 6.99. The molecular formula is C43H27N3. The number of nitrogens with zero attached hydrogens (tertiary/aromatic N) is 3. The van der Waals surface area contributed by atoms with Crippen molar-refractivity contribution in [2.45, 2.75) is 0 Å². The van der Waals surface area contributed by atoms with Crippen LogP contribution in [-0.4, -0.2) is 9.13 Å². The van der Waals surface area contributed by atoms with Crippen molar-refractivity contribution in [2.75, 3.05) is 0 Å². The number of benzene rings is 7. The summed E-state index contributed by atoms with van der Waals surface area (Å²) < 4.78 is 4.63. The SMILES string of the molecule is N#Cc1ccc2c(c1)c1cc(-c3ccc(-c4ccc5c(c4)c4ccccc4n5-c4ccccc4)cc3)ccc1n2-c1ccccc1. The summed E-state index contributed by atoms with van der Waals surface area (Å²) in [6.45, 7) is 0. The van der Waals surface area contributed by atoms with Gasteiger partial charge in [0.15, 0.2) is 0 Å². The van der Waals surface area contributed by atoms with Gasteiger partial charge in [-0.05, 0) is 95.1 Å². The molecule has 0 bridgehead atoms. The van der Waals surface area contributed by atoms with Gasteiger partial charge in [-0.1, -0.05) is 91.0 Å². The first kappa shape index (κ1) is 26.1. The number of nitriles is 1. The van der Waals surface area contributed by atoms with E-state index >= 15 is 0 Å². The van der Waals surface area contributed by atoms with Crippen molar-refractivity contribution in [1.82, 2.24) is 9.13 Å². The van der Waals surface area contributed by atoms with Crippen LogP contribution in [0.1, 0.15) is 5.56 Å². The quantitative estimate of drug-likeness (QED) is 0.202. The van der Waals surface area contributed by atoms with Gasteiger partial charge < -0.3 is 9.13 Å². The highest BCUT2D eigenvalue weighted by molar-refractivity contribution is 6.12. The van der Waals surface area contributed by atoms with Crippen LogP contribution in [0.4, 0.5) is 0 Å². The molecular weight excluding hydrogens is 558 g/mol. The zero-order valence-electron chi connectivity index (χ0n) is 24.9. The lowest BCUT2D eigenvalue weighted by Crippen LogP contribution is -1.93. The predicted molar refractivity (Wildman–Crippen MR) is 191 cm³/mol. The maximum atomic E-state index is 9.65. The summed E-state index contributed by atoms with van der Waals surface area (Å²) in [5.41, 5.74) is 12.3. The zero-order chi connectivity index (χ0) is 30.6. The van der Waals surface area contributed by atoms with Crippen LogP contribution in [-0.2, 0) is 0 Å². The summed E-state index contributed by atoms with van der Waals surface area (Å²) in [6, 6.07) is 60.2. The minimum Gasteiger partial charge on any atom is -0.309 e. The number of para-hydroxylation sites is 3. The van der Waals surface area contributed by atoms with E-state index in [1.165, 1.54) is 38.6 Å². The van der Waals surface area contributed by atoms with E-state index in [9.17, 15) is 5.26 Å². The maximum Gasteiger partial charge on any atom is 0.0991 e. The van der Waals surface area contributed by atoms with Crippen molar-refractivity contribution in [3.8, 4) is 39.7 Å². The van der Waals surface area contributed by atoms with Crippen molar-refractivity contribution in [1.29, 1.82) is 5.26 Å². The molecule has 9 rings (SSSR count). The van der Waals surface area contributed by atoms with Gasteiger partial charge in [0, 0.05) is 32.9 Å². The Morgan fingerprint density at radius 2 is 0.761 bits per heavy atom. The highest BCUT2D eigenvalue weighted by atomic mass is 15.0. The minimum absolute atomic E-state index is 0.665. The van der Waals surface area contributed by atoms with Gasteiger partial charge in [-0.3, -0.25) is 0 Å². The van der Waals surface area contributed by atoms with Crippen LogP contribution in [0.25, 0.3) is 77.2 Å².